The summed E-state index contributed by atoms with van der Waals surface area (Å²) < 4.78 is 6.25. The molecule has 0 aromatic heterocycles. The maximum absolute atomic E-state index is 6.25. The molecule has 0 amide bonds. The van der Waals surface area contributed by atoms with Crippen LogP contribution in [0.1, 0.15) is 64.2 Å². The molecule has 1 saturated carbocycles. The van der Waals surface area contributed by atoms with Crippen molar-refractivity contribution >= 4 is 0 Å². The Bertz CT molecular complexity index is 239. The Labute approximate surface area is 106 Å². The van der Waals surface area contributed by atoms with Crippen molar-refractivity contribution in [3.8, 4) is 0 Å². The molecule has 3 atom stereocenters. The van der Waals surface area contributed by atoms with Gasteiger partial charge in [0.2, 0.25) is 0 Å². The fourth-order valence-electron chi connectivity index (χ4n) is 2.94. The third-order valence-corrected chi connectivity index (χ3v) is 4.06. The lowest BCUT2D eigenvalue weighted by Gasteiger charge is -2.27. The quantitative estimate of drug-likeness (QED) is 0.589. The fourth-order valence-corrected chi connectivity index (χ4v) is 2.94. The Morgan fingerprint density at radius 2 is 1.65 bits per heavy atom. The average Bonchev–Trinajstić information content (AvgIpc) is 2.48. The van der Waals surface area contributed by atoms with Gasteiger partial charge >= 0.3 is 0 Å². The molecule has 0 bridgehead atoms. The summed E-state index contributed by atoms with van der Waals surface area (Å²) in [7, 11) is 0. The highest BCUT2D eigenvalue weighted by Gasteiger charge is 2.23. The molecule has 98 valence electrons. The van der Waals surface area contributed by atoms with E-state index in [0.29, 0.717) is 12.2 Å². The molecule has 2 aliphatic carbocycles. The van der Waals surface area contributed by atoms with E-state index in [4.69, 9.17) is 10.5 Å². The van der Waals surface area contributed by atoms with Gasteiger partial charge in [-0.15, -0.1) is 0 Å². The van der Waals surface area contributed by atoms with Crippen LogP contribution in [0.15, 0.2) is 12.2 Å². The average molecular weight is 237 g/mol. The minimum Gasteiger partial charge on any atom is -0.369 e. The van der Waals surface area contributed by atoms with E-state index in [1.807, 2.05) is 0 Å². The van der Waals surface area contributed by atoms with Crippen LogP contribution in [0.5, 0.6) is 0 Å². The predicted octanol–water partition coefficient (Wildman–Crippen LogP) is 3.55. The van der Waals surface area contributed by atoms with Gasteiger partial charge in [0.15, 0.2) is 0 Å². The topological polar surface area (TPSA) is 35.2 Å². The van der Waals surface area contributed by atoms with Crippen LogP contribution >= 0.6 is 0 Å². The van der Waals surface area contributed by atoms with Crippen LogP contribution in [-0.2, 0) is 4.74 Å². The van der Waals surface area contributed by atoms with Crippen molar-refractivity contribution in [1.82, 2.24) is 0 Å². The highest BCUT2D eigenvalue weighted by Crippen LogP contribution is 2.23. The summed E-state index contributed by atoms with van der Waals surface area (Å²) in [5, 5.41) is 0. The molecule has 2 N–H and O–H groups in total. The minimum atomic E-state index is 0.261. The van der Waals surface area contributed by atoms with Gasteiger partial charge in [-0.2, -0.15) is 0 Å². The van der Waals surface area contributed by atoms with E-state index in [1.165, 1.54) is 51.4 Å². The van der Waals surface area contributed by atoms with Crippen molar-refractivity contribution in [3.63, 3.8) is 0 Å². The van der Waals surface area contributed by atoms with E-state index in [-0.39, 0.29) is 6.04 Å². The van der Waals surface area contributed by atoms with E-state index in [2.05, 4.69) is 12.2 Å². The van der Waals surface area contributed by atoms with Crippen LogP contribution in [-0.4, -0.2) is 18.2 Å². The lowest BCUT2D eigenvalue weighted by Crippen LogP contribution is -2.38. The standard InChI is InChI=1S/C15H27NO/c16-14-11-7-4-8-12-15(14)17-13-9-5-2-1-3-6-10-13/h5,9,13-15H,1-4,6-8,10-12,16H2/b9-5+. The van der Waals surface area contributed by atoms with E-state index in [0.717, 1.165) is 12.8 Å². The van der Waals surface area contributed by atoms with Gasteiger partial charge in [-0.1, -0.05) is 44.3 Å². The number of hydrogen-bond donors (Lipinski definition) is 1. The van der Waals surface area contributed by atoms with Crippen molar-refractivity contribution in [1.29, 1.82) is 0 Å². The van der Waals surface area contributed by atoms with E-state index in [9.17, 15) is 0 Å². The lowest BCUT2D eigenvalue weighted by molar-refractivity contribution is -0.00996. The van der Waals surface area contributed by atoms with Crippen LogP contribution in [0, 0.1) is 0 Å². The van der Waals surface area contributed by atoms with E-state index >= 15 is 0 Å². The first kappa shape index (κ1) is 13.1. The van der Waals surface area contributed by atoms with Gasteiger partial charge in [-0.3, -0.25) is 0 Å². The Balaban J connectivity index is 1.86. The van der Waals surface area contributed by atoms with Crippen LogP contribution in [0.3, 0.4) is 0 Å². The molecule has 0 aliphatic heterocycles. The first-order chi connectivity index (χ1) is 8.36. The van der Waals surface area contributed by atoms with Crippen molar-refractivity contribution in [2.75, 3.05) is 0 Å². The normalized spacial score (nSPS) is 37.8. The Hall–Kier alpha value is -0.340. The Kier molecular flexibility index (Phi) is 5.53. The SMILES string of the molecule is NC1CCCCCC1OC1/C=C/CCCCC1. The summed E-state index contributed by atoms with van der Waals surface area (Å²) in [6.07, 6.45) is 17.8. The molecule has 0 aromatic carbocycles. The number of nitrogens with two attached hydrogens (primary N) is 1. The summed E-state index contributed by atoms with van der Waals surface area (Å²) in [4.78, 5) is 0. The fraction of sp³-hybridized carbons (Fsp3) is 0.867. The number of ether oxygens (including phenoxy) is 1. The second-order valence-electron chi connectivity index (χ2n) is 5.58. The Morgan fingerprint density at radius 3 is 2.59 bits per heavy atom. The molecule has 2 nitrogen and oxygen atoms in total. The molecule has 0 aromatic rings. The van der Waals surface area contributed by atoms with Crippen LogP contribution < -0.4 is 5.73 Å². The van der Waals surface area contributed by atoms with Crippen molar-refractivity contribution in [2.24, 2.45) is 5.73 Å². The number of allylic oxidation sites excluding steroid dienone is 1. The van der Waals surface area contributed by atoms with E-state index in [1.54, 1.807) is 0 Å². The molecule has 0 spiro atoms. The number of rotatable bonds is 2. The molecule has 3 unspecified atom stereocenters. The zero-order valence-electron chi connectivity index (χ0n) is 10.9. The van der Waals surface area contributed by atoms with Gasteiger partial charge in [0.05, 0.1) is 12.2 Å². The van der Waals surface area contributed by atoms with Crippen LogP contribution in [0.25, 0.3) is 0 Å². The third kappa shape index (κ3) is 4.44. The predicted molar refractivity (Wildman–Crippen MR) is 71.9 cm³/mol. The maximum Gasteiger partial charge on any atom is 0.0760 e. The highest BCUT2D eigenvalue weighted by atomic mass is 16.5. The van der Waals surface area contributed by atoms with Gasteiger partial charge in [-0.25, -0.2) is 0 Å². The second kappa shape index (κ2) is 7.17. The van der Waals surface area contributed by atoms with Gasteiger partial charge in [0.1, 0.15) is 0 Å². The molecular formula is C15H27NO. The largest absolute Gasteiger partial charge is 0.369 e. The molecule has 0 saturated heterocycles. The van der Waals surface area contributed by atoms with Gasteiger partial charge in [0.25, 0.3) is 0 Å². The summed E-state index contributed by atoms with van der Waals surface area (Å²) in [5.41, 5.74) is 6.22. The molecule has 2 heteroatoms. The molecule has 0 radical (unpaired) electrons. The minimum absolute atomic E-state index is 0.261. The third-order valence-electron chi connectivity index (χ3n) is 4.06. The number of hydrogen-bond acceptors (Lipinski definition) is 2. The first-order valence-corrected chi connectivity index (χ1v) is 7.44. The summed E-state index contributed by atoms with van der Waals surface area (Å²) in [6.45, 7) is 0. The zero-order chi connectivity index (χ0) is 11.9. The molecule has 0 heterocycles. The molecule has 1 fully saturated rings. The Morgan fingerprint density at radius 1 is 0.882 bits per heavy atom. The van der Waals surface area contributed by atoms with Crippen molar-refractivity contribution < 1.29 is 4.74 Å². The zero-order valence-corrected chi connectivity index (χ0v) is 10.9. The highest BCUT2D eigenvalue weighted by molar-refractivity contribution is 4.92. The maximum atomic E-state index is 6.25. The molecule has 2 rings (SSSR count). The summed E-state index contributed by atoms with van der Waals surface area (Å²) >= 11 is 0. The smallest absolute Gasteiger partial charge is 0.0760 e. The van der Waals surface area contributed by atoms with Crippen molar-refractivity contribution in [3.05, 3.63) is 12.2 Å². The molecular weight excluding hydrogens is 210 g/mol. The van der Waals surface area contributed by atoms with Gasteiger partial charge in [-0.05, 0) is 32.1 Å². The van der Waals surface area contributed by atoms with Crippen molar-refractivity contribution in [2.45, 2.75) is 82.5 Å². The molecule has 2 aliphatic rings. The van der Waals surface area contributed by atoms with Gasteiger partial charge < -0.3 is 10.5 Å². The summed E-state index contributed by atoms with van der Waals surface area (Å²) in [5.74, 6) is 0. The molecule has 17 heavy (non-hydrogen) atoms. The first-order valence-electron chi connectivity index (χ1n) is 7.44. The van der Waals surface area contributed by atoms with Gasteiger partial charge in [0, 0.05) is 6.04 Å². The monoisotopic (exact) mass is 237 g/mol. The summed E-state index contributed by atoms with van der Waals surface area (Å²) in [6, 6.07) is 0.261. The lowest BCUT2D eigenvalue weighted by atomic mass is 10.0. The van der Waals surface area contributed by atoms with E-state index < -0.39 is 0 Å². The van der Waals surface area contributed by atoms with Crippen LogP contribution in [0.2, 0.25) is 0 Å². The second-order valence-corrected chi connectivity index (χ2v) is 5.58. The van der Waals surface area contributed by atoms with Crippen LogP contribution in [0.4, 0.5) is 0 Å².